The highest BCUT2D eigenvalue weighted by atomic mass is 19.1. The number of anilines is 1. The summed E-state index contributed by atoms with van der Waals surface area (Å²) in [6.07, 6.45) is -3.48. The van der Waals surface area contributed by atoms with Gasteiger partial charge in [-0.15, -0.1) is 0 Å². The molecule has 218 valence electrons. The Morgan fingerprint density at radius 3 is 2.02 bits per heavy atom. The number of aliphatic hydroxyl groups is 2. The Balaban J connectivity index is 1.89. The number of nitrogens with one attached hydrogen (secondary N) is 1. The minimum absolute atomic E-state index is 0.0422. The Labute approximate surface area is 243 Å². The molecule has 0 aliphatic rings. The highest BCUT2D eigenvalue weighted by molar-refractivity contribution is 6.34. The number of hydrogen-bond acceptors (Lipinski definition) is 5. The van der Waals surface area contributed by atoms with Crippen LogP contribution in [0.2, 0.25) is 0 Å². The average Bonchev–Trinajstić information content (AvgIpc) is 3.32. The zero-order valence-electron chi connectivity index (χ0n) is 23.3. The van der Waals surface area contributed by atoms with E-state index in [0.29, 0.717) is 33.8 Å². The number of halogens is 1. The fourth-order valence-electron chi connectivity index (χ4n) is 5.11. The number of ketones is 1. The molecule has 1 heterocycles. The van der Waals surface area contributed by atoms with Gasteiger partial charge in [0.1, 0.15) is 11.9 Å². The van der Waals surface area contributed by atoms with Gasteiger partial charge in [0.2, 0.25) is 0 Å². The van der Waals surface area contributed by atoms with Crippen molar-refractivity contribution in [3.63, 3.8) is 0 Å². The van der Waals surface area contributed by atoms with Gasteiger partial charge in [0.05, 0.1) is 17.4 Å². The number of Topliss-reactive ketones (excluding diaryl/α,β-unsaturated/α-hetero) is 1. The first kappa shape index (κ1) is 30.4. The topological polar surface area (TPSA) is 129 Å². The fraction of sp³-hybridized carbons (Fsp3) is 0.242. The van der Waals surface area contributed by atoms with E-state index in [1.807, 2.05) is 66.9 Å². The summed E-state index contributed by atoms with van der Waals surface area (Å²) in [7, 11) is 0. The molecule has 0 radical (unpaired) electrons. The number of rotatable bonds is 12. The first-order valence-corrected chi connectivity index (χ1v) is 13.7. The largest absolute Gasteiger partial charge is 0.475 e. The lowest BCUT2D eigenvalue weighted by Gasteiger charge is -2.20. The van der Waals surface area contributed by atoms with Gasteiger partial charge in [-0.2, -0.15) is 0 Å². The molecule has 0 saturated heterocycles. The fourth-order valence-corrected chi connectivity index (χ4v) is 5.11. The number of benzene rings is 3. The van der Waals surface area contributed by atoms with Gasteiger partial charge < -0.3 is 25.2 Å². The van der Waals surface area contributed by atoms with Crippen LogP contribution in [0.15, 0.2) is 84.9 Å². The van der Waals surface area contributed by atoms with Crippen molar-refractivity contribution < 1.29 is 34.1 Å². The summed E-state index contributed by atoms with van der Waals surface area (Å²) in [6, 6.07) is 24.3. The third-order valence-electron chi connectivity index (χ3n) is 6.98. The lowest BCUT2D eigenvalue weighted by Crippen LogP contribution is -2.32. The van der Waals surface area contributed by atoms with Crippen molar-refractivity contribution in [2.24, 2.45) is 0 Å². The maximum absolute atomic E-state index is 14.0. The van der Waals surface area contributed by atoms with Crippen LogP contribution in [0.25, 0.3) is 22.4 Å². The van der Waals surface area contributed by atoms with Crippen LogP contribution < -0.4 is 5.32 Å². The second kappa shape index (κ2) is 13.4. The number of para-hydroxylation sites is 1. The number of carbonyl (C=O) groups excluding carboxylic acids is 2. The predicted molar refractivity (Wildman–Crippen MR) is 158 cm³/mol. The number of aliphatic carboxylic acids is 1. The molecule has 9 heteroatoms. The van der Waals surface area contributed by atoms with Crippen molar-refractivity contribution in [2.45, 2.75) is 51.4 Å². The SMILES string of the molecule is CC(C)c1c(C(=O)Nc2ccccc2)c(-c2ccccc2)c(-c2ccc(F)cc2)n1CC[C@H](O)C[C@H](O)C(=O)C(=O)O. The molecule has 0 spiro atoms. The summed E-state index contributed by atoms with van der Waals surface area (Å²) in [5, 5.41) is 32.6. The molecule has 0 aliphatic carbocycles. The van der Waals surface area contributed by atoms with Gasteiger partial charge in [-0.1, -0.05) is 62.4 Å². The van der Waals surface area contributed by atoms with Crippen LogP contribution in [-0.4, -0.2) is 49.8 Å². The summed E-state index contributed by atoms with van der Waals surface area (Å²) in [6.45, 7) is 4.05. The lowest BCUT2D eigenvalue weighted by molar-refractivity contribution is -0.153. The molecule has 42 heavy (non-hydrogen) atoms. The predicted octanol–water partition coefficient (Wildman–Crippen LogP) is 5.49. The Morgan fingerprint density at radius 2 is 1.45 bits per heavy atom. The molecule has 1 aromatic heterocycles. The zero-order valence-corrected chi connectivity index (χ0v) is 23.3. The number of carboxylic acids is 1. The summed E-state index contributed by atoms with van der Waals surface area (Å²) < 4.78 is 15.9. The first-order valence-electron chi connectivity index (χ1n) is 13.7. The summed E-state index contributed by atoms with van der Waals surface area (Å²) in [5.74, 6) is -4.10. The number of aromatic nitrogens is 1. The molecule has 3 aromatic carbocycles. The van der Waals surface area contributed by atoms with Crippen LogP contribution in [0, 0.1) is 5.82 Å². The Bertz CT molecular complexity index is 1550. The highest BCUT2D eigenvalue weighted by Gasteiger charge is 2.31. The standard InChI is InChI=1S/C33H33FN2O6/c1-20(2)29-28(32(40)35-24-11-7-4-8-12-24)27(21-9-5-3-6-10-21)30(22-13-15-23(34)16-14-22)36(29)18-17-25(37)19-26(38)31(39)33(41)42/h3-16,20,25-26,37-38H,17-19H2,1-2H3,(H,35,40)(H,41,42)/t25-,26-/m0/s1. The second-order valence-corrected chi connectivity index (χ2v) is 10.3. The monoisotopic (exact) mass is 572 g/mol. The maximum Gasteiger partial charge on any atom is 0.374 e. The van der Waals surface area contributed by atoms with E-state index in [4.69, 9.17) is 5.11 Å². The molecule has 0 fully saturated rings. The van der Waals surface area contributed by atoms with E-state index in [1.165, 1.54) is 12.1 Å². The number of amides is 1. The van der Waals surface area contributed by atoms with Crippen LogP contribution in [0.3, 0.4) is 0 Å². The molecular formula is C33H33FN2O6. The van der Waals surface area contributed by atoms with Gasteiger partial charge in [-0.3, -0.25) is 9.59 Å². The molecule has 4 aromatic rings. The summed E-state index contributed by atoms with van der Waals surface area (Å²) in [4.78, 5) is 36.7. The van der Waals surface area contributed by atoms with E-state index in [0.717, 1.165) is 5.56 Å². The molecule has 0 aliphatic heterocycles. The van der Waals surface area contributed by atoms with Gasteiger partial charge in [0.15, 0.2) is 0 Å². The molecule has 1 amide bonds. The lowest BCUT2D eigenvalue weighted by atomic mass is 9.94. The minimum atomic E-state index is -1.85. The minimum Gasteiger partial charge on any atom is -0.475 e. The Morgan fingerprint density at radius 1 is 0.857 bits per heavy atom. The van der Waals surface area contributed by atoms with E-state index < -0.39 is 36.2 Å². The van der Waals surface area contributed by atoms with E-state index in [2.05, 4.69) is 5.32 Å². The van der Waals surface area contributed by atoms with Crippen LogP contribution in [0.1, 0.15) is 48.7 Å². The molecule has 0 bridgehead atoms. The third-order valence-corrected chi connectivity index (χ3v) is 6.98. The smallest absolute Gasteiger partial charge is 0.374 e. The highest BCUT2D eigenvalue weighted by Crippen LogP contribution is 2.42. The van der Waals surface area contributed by atoms with Crippen molar-refractivity contribution in [3.8, 4) is 22.4 Å². The number of carbonyl (C=O) groups is 3. The zero-order chi connectivity index (χ0) is 30.4. The van der Waals surface area contributed by atoms with Gasteiger partial charge in [-0.05, 0) is 59.9 Å². The van der Waals surface area contributed by atoms with Crippen molar-refractivity contribution >= 4 is 23.3 Å². The average molecular weight is 573 g/mol. The Kier molecular flexibility index (Phi) is 9.67. The molecule has 4 rings (SSSR count). The van der Waals surface area contributed by atoms with Crippen molar-refractivity contribution in [1.29, 1.82) is 0 Å². The van der Waals surface area contributed by atoms with Crippen LogP contribution >= 0.6 is 0 Å². The molecule has 0 unspecified atom stereocenters. The quantitative estimate of drug-likeness (QED) is 0.166. The summed E-state index contributed by atoms with van der Waals surface area (Å²) >= 11 is 0. The van der Waals surface area contributed by atoms with E-state index in [-0.39, 0.29) is 24.8 Å². The normalized spacial score (nSPS) is 12.6. The van der Waals surface area contributed by atoms with Gasteiger partial charge in [0.25, 0.3) is 11.7 Å². The van der Waals surface area contributed by atoms with E-state index in [1.54, 1.807) is 24.3 Å². The van der Waals surface area contributed by atoms with Gasteiger partial charge in [-0.25, -0.2) is 9.18 Å². The first-order chi connectivity index (χ1) is 20.1. The number of hydrogen-bond donors (Lipinski definition) is 4. The molecule has 4 N–H and O–H groups in total. The molecule has 8 nitrogen and oxygen atoms in total. The third kappa shape index (κ3) is 6.82. The van der Waals surface area contributed by atoms with Crippen LogP contribution in [0.4, 0.5) is 10.1 Å². The van der Waals surface area contributed by atoms with Gasteiger partial charge in [0, 0.05) is 29.9 Å². The molecule has 2 atom stereocenters. The number of nitrogens with zero attached hydrogens (tertiary/aromatic N) is 1. The van der Waals surface area contributed by atoms with Crippen LogP contribution in [0.5, 0.6) is 0 Å². The Hall–Kier alpha value is -4.60. The van der Waals surface area contributed by atoms with E-state index in [9.17, 15) is 29.0 Å². The summed E-state index contributed by atoms with van der Waals surface area (Å²) in [5.41, 5.74) is 4.39. The number of carboxylic acid groups (broad SMARTS) is 1. The van der Waals surface area contributed by atoms with Crippen molar-refractivity contribution in [1.82, 2.24) is 4.57 Å². The number of aliphatic hydroxyl groups excluding tert-OH is 2. The van der Waals surface area contributed by atoms with E-state index >= 15 is 0 Å². The molecular weight excluding hydrogens is 539 g/mol. The van der Waals surface area contributed by atoms with Crippen LogP contribution in [-0.2, 0) is 16.1 Å². The van der Waals surface area contributed by atoms with Crippen molar-refractivity contribution in [3.05, 3.63) is 102 Å². The molecule has 0 saturated carbocycles. The van der Waals surface area contributed by atoms with Crippen molar-refractivity contribution in [2.75, 3.05) is 5.32 Å². The second-order valence-electron chi connectivity index (χ2n) is 10.3. The van der Waals surface area contributed by atoms with Gasteiger partial charge >= 0.3 is 5.97 Å². The maximum atomic E-state index is 14.0.